The van der Waals surface area contributed by atoms with Gasteiger partial charge in [0.05, 0.1) is 6.04 Å². The normalized spacial score (nSPS) is 20.2. The molecule has 1 saturated heterocycles. The number of nitrogens with zero attached hydrogens (tertiary/aromatic N) is 1. The average Bonchev–Trinajstić information content (AvgIpc) is 2.42. The first kappa shape index (κ1) is 13.1. The van der Waals surface area contributed by atoms with Crippen LogP contribution in [0.5, 0.6) is 0 Å². The molecule has 2 rings (SSSR count). The lowest BCUT2D eigenvalue weighted by atomic mass is 10.0. The molecule has 0 saturated carbocycles. The molecule has 1 fully saturated rings. The number of amides is 1. The highest BCUT2D eigenvalue weighted by Gasteiger charge is 2.26. The molecule has 0 bridgehead atoms. The summed E-state index contributed by atoms with van der Waals surface area (Å²) in [5, 5.41) is 3.10. The van der Waals surface area contributed by atoms with Crippen molar-refractivity contribution in [1.82, 2.24) is 10.2 Å². The van der Waals surface area contributed by atoms with Crippen LogP contribution in [0, 0.1) is 0 Å². The van der Waals surface area contributed by atoms with Crippen molar-refractivity contribution in [2.24, 2.45) is 0 Å². The van der Waals surface area contributed by atoms with Gasteiger partial charge in [0.25, 0.3) is 0 Å². The topological polar surface area (TPSA) is 32.3 Å². The second kappa shape index (κ2) is 6.55. The van der Waals surface area contributed by atoms with E-state index < -0.39 is 0 Å². The Morgan fingerprint density at radius 2 is 2.11 bits per heavy atom. The van der Waals surface area contributed by atoms with Crippen LogP contribution in [0.3, 0.4) is 0 Å². The molecule has 98 valence electrons. The molecular formula is C15H22N2O. The van der Waals surface area contributed by atoms with Crippen molar-refractivity contribution < 1.29 is 4.79 Å². The van der Waals surface area contributed by atoms with E-state index in [0.717, 1.165) is 38.8 Å². The molecule has 1 aliphatic heterocycles. The van der Waals surface area contributed by atoms with E-state index in [1.54, 1.807) is 0 Å². The van der Waals surface area contributed by atoms with Gasteiger partial charge in [-0.3, -0.25) is 4.79 Å². The highest BCUT2D eigenvalue weighted by atomic mass is 16.2. The molecule has 3 nitrogen and oxygen atoms in total. The van der Waals surface area contributed by atoms with Gasteiger partial charge in [0.15, 0.2) is 0 Å². The fourth-order valence-electron chi connectivity index (χ4n) is 2.55. The Bertz CT molecular complexity index is 377. The number of benzene rings is 1. The van der Waals surface area contributed by atoms with Gasteiger partial charge in [0.1, 0.15) is 0 Å². The van der Waals surface area contributed by atoms with Crippen molar-refractivity contribution in [3.05, 3.63) is 35.9 Å². The van der Waals surface area contributed by atoms with E-state index in [9.17, 15) is 4.79 Å². The number of hydrogen-bond acceptors (Lipinski definition) is 2. The van der Waals surface area contributed by atoms with E-state index in [4.69, 9.17) is 0 Å². The Kier molecular flexibility index (Phi) is 4.76. The first-order valence-corrected chi connectivity index (χ1v) is 6.81. The van der Waals surface area contributed by atoms with Crippen molar-refractivity contribution in [3.63, 3.8) is 0 Å². The zero-order chi connectivity index (χ0) is 12.8. The molecule has 3 heteroatoms. The molecule has 18 heavy (non-hydrogen) atoms. The molecule has 1 aliphatic rings. The van der Waals surface area contributed by atoms with Crippen LogP contribution >= 0.6 is 0 Å². The van der Waals surface area contributed by atoms with E-state index in [2.05, 4.69) is 29.6 Å². The Morgan fingerprint density at radius 3 is 2.83 bits per heavy atom. The molecule has 0 spiro atoms. The van der Waals surface area contributed by atoms with Gasteiger partial charge in [0.2, 0.25) is 5.91 Å². The van der Waals surface area contributed by atoms with Crippen LogP contribution in [-0.4, -0.2) is 37.0 Å². The predicted molar refractivity (Wildman–Crippen MR) is 73.4 cm³/mol. The minimum Gasteiger partial charge on any atom is -0.341 e. The number of likely N-dealkylation sites (N-methyl/N-ethyl adjacent to an activating group) is 1. The molecule has 0 aromatic heterocycles. The molecule has 0 radical (unpaired) electrons. The second-order valence-electron chi connectivity index (χ2n) is 4.90. The number of nitrogens with one attached hydrogen (secondary N) is 1. The zero-order valence-electron chi connectivity index (χ0n) is 11.1. The molecule has 1 N–H and O–H groups in total. The van der Waals surface area contributed by atoms with Crippen LogP contribution in [0.25, 0.3) is 0 Å². The Balaban J connectivity index is 1.78. The van der Waals surface area contributed by atoms with Crippen LogP contribution in [0.2, 0.25) is 0 Å². The van der Waals surface area contributed by atoms with Gasteiger partial charge in [-0.1, -0.05) is 30.3 Å². The minimum atomic E-state index is 0.0375. The van der Waals surface area contributed by atoms with Crippen molar-refractivity contribution in [2.45, 2.75) is 31.7 Å². The Morgan fingerprint density at radius 1 is 1.33 bits per heavy atom. The Labute approximate surface area is 109 Å². The fourth-order valence-corrected chi connectivity index (χ4v) is 2.55. The van der Waals surface area contributed by atoms with Crippen LogP contribution in [0.4, 0.5) is 0 Å². The van der Waals surface area contributed by atoms with E-state index in [-0.39, 0.29) is 11.9 Å². The van der Waals surface area contributed by atoms with Crippen LogP contribution < -0.4 is 5.32 Å². The summed E-state index contributed by atoms with van der Waals surface area (Å²) in [5.41, 5.74) is 1.35. The molecule has 1 atom stereocenters. The Hall–Kier alpha value is -1.35. The summed E-state index contributed by atoms with van der Waals surface area (Å²) in [4.78, 5) is 14.1. The lowest BCUT2D eigenvalue weighted by molar-refractivity contribution is -0.135. The predicted octanol–water partition coefficient (Wildman–Crippen LogP) is 1.83. The second-order valence-corrected chi connectivity index (χ2v) is 4.90. The summed E-state index contributed by atoms with van der Waals surface area (Å²) >= 11 is 0. The van der Waals surface area contributed by atoms with Crippen molar-refractivity contribution >= 4 is 5.91 Å². The molecular weight excluding hydrogens is 224 g/mol. The number of carbonyl (C=O) groups is 1. The van der Waals surface area contributed by atoms with Gasteiger partial charge >= 0.3 is 0 Å². The van der Waals surface area contributed by atoms with E-state index in [1.807, 2.05) is 18.0 Å². The molecule has 1 heterocycles. The van der Waals surface area contributed by atoms with E-state index >= 15 is 0 Å². The summed E-state index contributed by atoms with van der Waals surface area (Å²) in [6.07, 6.45) is 4.19. The summed E-state index contributed by atoms with van der Waals surface area (Å²) < 4.78 is 0. The van der Waals surface area contributed by atoms with Gasteiger partial charge < -0.3 is 10.2 Å². The van der Waals surface area contributed by atoms with Crippen LogP contribution in [-0.2, 0) is 11.2 Å². The van der Waals surface area contributed by atoms with Gasteiger partial charge in [0, 0.05) is 13.1 Å². The van der Waals surface area contributed by atoms with Gasteiger partial charge in [-0.2, -0.15) is 0 Å². The first-order chi connectivity index (χ1) is 8.81. The smallest absolute Gasteiger partial charge is 0.239 e. The fraction of sp³-hybridized carbons (Fsp3) is 0.533. The third-order valence-corrected chi connectivity index (χ3v) is 3.62. The highest BCUT2D eigenvalue weighted by molar-refractivity contribution is 5.82. The van der Waals surface area contributed by atoms with Gasteiger partial charge in [-0.15, -0.1) is 0 Å². The highest BCUT2D eigenvalue weighted by Crippen LogP contribution is 2.12. The third-order valence-electron chi connectivity index (χ3n) is 3.62. The SMILES string of the molecule is CNC1CCCN(CCCc2ccccc2)C1=O. The lowest BCUT2D eigenvalue weighted by Crippen LogP contribution is -2.49. The van der Waals surface area contributed by atoms with Gasteiger partial charge in [-0.05, 0) is 38.3 Å². The molecule has 0 aliphatic carbocycles. The minimum absolute atomic E-state index is 0.0375. The average molecular weight is 246 g/mol. The van der Waals surface area contributed by atoms with Gasteiger partial charge in [-0.25, -0.2) is 0 Å². The molecule has 1 amide bonds. The number of aryl methyl sites for hydroxylation is 1. The number of piperidine rings is 1. The first-order valence-electron chi connectivity index (χ1n) is 6.81. The standard InChI is InChI=1S/C15H22N2O/c1-16-14-10-6-12-17(15(14)18)11-5-9-13-7-3-2-4-8-13/h2-4,7-8,14,16H,5-6,9-12H2,1H3. The third kappa shape index (κ3) is 3.33. The van der Waals surface area contributed by atoms with Crippen molar-refractivity contribution in [3.8, 4) is 0 Å². The number of carbonyl (C=O) groups excluding carboxylic acids is 1. The van der Waals surface area contributed by atoms with E-state index in [0.29, 0.717) is 0 Å². The van der Waals surface area contributed by atoms with Crippen molar-refractivity contribution in [1.29, 1.82) is 0 Å². The summed E-state index contributed by atoms with van der Waals surface area (Å²) in [6, 6.07) is 10.5. The number of likely N-dealkylation sites (tertiary alicyclic amines) is 1. The maximum Gasteiger partial charge on any atom is 0.239 e. The summed E-state index contributed by atoms with van der Waals surface area (Å²) in [7, 11) is 1.87. The molecule has 1 aromatic carbocycles. The van der Waals surface area contributed by atoms with Crippen LogP contribution in [0.15, 0.2) is 30.3 Å². The maximum absolute atomic E-state index is 12.1. The monoisotopic (exact) mass is 246 g/mol. The molecule has 1 aromatic rings. The zero-order valence-corrected chi connectivity index (χ0v) is 11.1. The number of hydrogen-bond donors (Lipinski definition) is 1. The lowest BCUT2D eigenvalue weighted by Gasteiger charge is -2.32. The maximum atomic E-state index is 12.1. The van der Waals surface area contributed by atoms with Crippen molar-refractivity contribution in [2.75, 3.05) is 20.1 Å². The number of rotatable bonds is 5. The quantitative estimate of drug-likeness (QED) is 0.859. The van der Waals surface area contributed by atoms with E-state index in [1.165, 1.54) is 5.56 Å². The largest absolute Gasteiger partial charge is 0.341 e. The van der Waals surface area contributed by atoms with Crippen LogP contribution in [0.1, 0.15) is 24.8 Å². The summed E-state index contributed by atoms with van der Waals surface area (Å²) in [6.45, 7) is 1.80. The summed E-state index contributed by atoms with van der Waals surface area (Å²) in [5.74, 6) is 0.275. The molecule has 1 unspecified atom stereocenters.